The molecule has 3 N–H and O–H groups in total. The molecule has 0 amide bonds. The standard InChI is InChI=1S/C16H14FN5/c1-10-6-8-11(9-7-10)19-16-21-14(20-15(18)22-16)12-4-2-3-5-13(12)17/h2-9H,1H3,(H3,18,19,20,21,22). The predicted molar refractivity (Wildman–Crippen MR) is 84.1 cm³/mol. The average Bonchev–Trinajstić information content (AvgIpc) is 2.49. The zero-order valence-electron chi connectivity index (χ0n) is 11.9. The largest absolute Gasteiger partial charge is 0.368 e. The second kappa shape index (κ2) is 5.77. The van der Waals surface area contributed by atoms with Gasteiger partial charge in [-0.25, -0.2) is 4.39 Å². The fourth-order valence-electron chi connectivity index (χ4n) is 1.98. The molecule has 0 aliphatic rings. The number of nitrogens with two attached hydrogens (primary N) is 1. The molecular weight excluding hydrogens is 281 g/mol. The Morgan fingerprint density at radius 1 is 0.955 bits per heavy atom. The molecule has 2 aromatic carbocycles. The van der Waals surface area contributed by atoms with E-state index in [9.17, 15) is 4.39 Å². The van der Waals surface area contributed by atoms with Crippen LogP contribution in [0, 0.1) is 12.7 Å². The van der Waals surface area contributed by atoms with Gasteiger partial charge in [-0.05, 0) is 31.2 Å². The molecule has 3 rings (SSSR count). The minimum absolute atomic E-state index is 0.0304. The highest BCUT2D eigenvalue weighted by atomic mass is 19.1. The summed E-state index contributed by atoms with van der Waals surface area (Å²) in [4.78, 5) is 12.3. The summed E-state index contributed by atoms with van der Waals surface area (Å²) >= 11 is 0. The molecule has 0 unspecified atom stereocenters. The number of nitrogens with zero attached hydrogens (tertiary/aromatic N) is 3. The van der Waals surface area contributed by atoms with Crippen LogP contribution in [0.4, 0.5) is 22.0 Å². The van der Waals surface area contributed by atoms with Gasteiger partial charge in [0.25, 0.3) is 0 Å². The van der Waals surface area contributed by atoms with Crippen molar-refractivity contribution in [1.29, 1.82) is 0 Å². The smallest absolute Gasteiger partial charge is 0.232 e. The Balaban J connectivity index is 1.96. The third-order valence-electron chi connectivity index (χ3n) is 3.08. The number of hydrogen-bond donors (Lipinski definition) is 2. The van der Waals surface area contributed by atoms with Crippen LogP contribution < -0.4 is 11.1 Å². The number of nitrogens with one attached hydrogen (secondary N) is 1. The summed E-state index contributed by atoms with van der Waals surface area (Å²) < 4.78 is 13.8. The van der Waals surface area contributed by atoms with E-state index in [0.29, 0.717) is 0 Å². The highest BCUT2D eigenvalue weighted by Crippen LogP contribution is 2.21. The second-order valence-corrected chi connectivity index (χ2v) is 4.81. The predicted octanol–water partition coefficient (Wildman–Crippen LogP) is 3.31. The number of aromatic nitrogens is 3. The molecule has 1 heterocycles. The maximum atomic E-state index is 13.8. The Morgan fingerprint density at radius 2 is 1.68 bits per heavy atom. The zero-order valence-corrected chi connectivity index (χ0v) is 11.9. The van der Waals surface area contributed by atoms with Crippen molar-refractivity contribution < 1.29 is 4.39 Å². The fourth-order valence-corrected chi connectivity index (χ4v) is 1.98. The molecular formula is C16H14FN5. The molecule has 0 bridgehead atoms. The van der Waals surface area contributed by atoms with Gasteiger partial charge < -0.3 is 11.1 Å². The summed E-state index contributed by atoms with van der Waals surface area (Å²) in [6.45, 7) is 2.00. The van der Waals surface area contributed by atoms with Crippen molar-refractivity contribution in [2.75, 3.05) is 11.1 Å². The molecule has 0 atom stereocenters. The van der Waals surface area contributed by atoms with E-state index in [0.717, 1.165) is 11.3 Å². The van der Waals surface area contributed by atoms with Gasteiger partial charge in [0.1, 0.15) is 5.82 Å². The van der Waals surface area contributed by atoms with Crippen LogP contribution in [0.5, 0.6) is 0 Å². The Kier molecular flexibility index (Phi) is 3.65. The van der Waals surface area contributed by atoms with Crippen LogP contribution in [-0.2, 0) is 0 Å². The van der Waals surface area contributed by atoms with E-state index in [1.807, 2.05) is 31.2 Å². The van der Waals surface area contributed by atoms with Crippen LogP contribution >= 0.6 is 0 Å². The summed E-state index contributed by atoms with van der Waals surface area (Å²) in [5.41, 5.74) is 7.94. The molecule has 5 nitrogen and oxygen atoms in total. The van der Waals surface area contributed by atoms with Crippen LogP contribution in [0.2, 0.25) is 0 Å². The van der Waals surface area contributed by atoms with Crippen molar-refractivity contribution >= 4 is 17.6 Å². The van der Waals surface area contributed by atoms with Crippen molar-refractivity contribution in [1.82, 2.24) is 15.0 Å². The second-order valence-electron chi connectivity index (χ2n) is 4.81. The Bertz CT molecular complexity index is 802. The summed E-state index contributed by atoms with van der Waals surface area (Å²) in [7, 11) is 0. The molecule has 0 saturated heterocycles. The number of nitrogen functional groups attached to an aromatic ring is 1. The summed E-state index contributed by atoms with van der Waals surface area (Å²) in [6, 6.07) is 14.0. The fraction of sp³-hybridized carbons (Fsp3) is 0.0625. The minimum Gasteiger partial charge on any atom is -0.368 e. The van der Waals surface area contributed by atoms with Gasteiger partial charge in [0, 0.05) is 5.69 Å². The van der Waals surface area contributed by atoms with Crippen molar-refractivity contribution in [3.05, 3.63) is 59.9 Å². The third kappa shape index (κ3) is 3.01. The third-order valence-corrected chi connectivity index (χ3v) is 3.08. The van der Waals surface area contributed by atoms with E-state index < -0.39 is 5.82 Å². The number of anilines is 3. The van der Waals surface area contributed by atoms with E-state index in [-0.39, 0.29) is 23.3 Å². The van der Waals surface area contributed by atoms with Gasteiger partial charge in [-0.3, -0.25) is 0 Å². The lowest BCUT2D eigenvalue weighted by atomic mass is 10.2. The van der Waals surface area contributed by atoms with Crippen LogP contribution in [0.3, 0.4) is 0 Å². The molecule has 1 aromatic heterocycles. The van der Waals surface area contributed by atoms with Gasteiger partial charge in [-0.15, -0.1) is 0 Å². The van der Waals surface area contributed by atoms with Crippen LogP contribution in [0.15, 0.2) is 48.5 Å². The Morgan fingerprint density at radius 3 is 2.41 bits per heavy atom. The Hall–Kier alpha value is -3.02. The average molecular weight is 295 g/mol. The lowest BCUT2D eigenvalue weighted by molar-refractivity contribution is 0.630. The van der Waals surface area contributed by atoms with Gasteiger partial charge in [0.15, 0.2) is 5.82 Å². The molecule has 0 radical (unpaired) electrons. The normalized spacial score (nSPS) is 10.5. The first-order chi connectivity index (χ1) is 10.6. The summed E-state index contributed by atoms with van der Waals surface area (Å²) in [5.74, 6) is 0.0899. The van der Waals surface area contributed by atoms with E-state index in [1.54, 1.807) is 18.2 Å². The van der Waals surface area contributed by atoms with E-state index in [1.165, 1.54) is 6.07 Å². The monoisotopic (exact) mass is 295 g/mol. The summed E-state index contributed by atoms with van der Waals surface area (Å²) in [5, 5.41) is 3.04. The van der Waals surface area contributed by atoms with E-state index in [4.69, 9.17) is 5.73 Å². The number of halogens is 1. The molecule has 3 aromatic rings. The van der Waals surface area contributed by atoms with Gasteiger partial charge >= 0.3 is 0 Å². The maximum absolute atomic E-state index is 13.8. The highest BCUT2D eigenvalue weighted by molar-refractivity contribution is 5.61. The van der Waals surface area contributed by atoms with Crippen molar-refractivity contribution in [3.8, 4) is 11.4 Å². The van der Waals surface area contributed by atoms with Crippen molar-refractivity contribution in [2.45, 2.75) is 6.92 Å². The molecule has 22 heavy (non-hydrogen) atoms. The van der Waals surface area contributed by atoms with Crippen LogP contribution in [0.1, 0.15) is 5.56 Å². The van der Waals surface area contributed by atoms with Gasteiger partial charge in [-0.2, -0.15) is 15.0 Å². The lowest BCUT2D eigenvalue weighted by Gasteiger charge is -2.08. The van der Waals surface area contributed by atoms with Crippen LogP contribution in [-0.4, -0.2) is 15.0 Å². The highest BCUT2D eigenvalue weighted by Gasteiger charge is 2.10. The molecule has 0 saturated carbocycles. The molecule has 6 heteroatoms. The number of rotatable bonds is 3. The number of aryl methyl sites for hydroxylation is 1. The quantitative estimate of drug-likeness (QED) is 0.775. The molecule has 0 fully saturated rings. The molecule has 0 aliphatic carbocycles. The summed E-state index contributed by atoms with van der Waals surface area (Å²) in [6.07, 6.45) is 0. The van der Waals surface area contributed by atoms with Gasteiger partial charge in [0.2, 0.25) is 11.9 Å². The first kappa shape index (κ1) is 13.9. The van der Waals surface area contributed by atoms with E-state index >= 15 is 0 Å². The molecule has 0 spiro atoms. The lowest BCUT2D eigenvalue weighted by Crippen LogP contribution is -2.05. The van der Waals surface area contributed by atoms with E-state index in [2.05, 4.69) is 20.3 Å². The first-order valence-electron chi connectivity index (χ1n) is 6.72. The maximum Gasteiger partial charge on any atom is 0.232 e. The van der Waals surface area contributed by atoms with Gasteiger partial charge in [0.05, 0.1) is 5.56 Å². The van der Waals surface area contributed by atoms with Crippen LogP contribution in [0.25, 0.3) is 11.4 Å². The SMILES string of the molecule is Cc1ccc(Nc2nc(N)nc(-c3ccccc3F)n2)cc1. The van der Waals surface area contributed by atoms with Gasteiger partial charge in [-0.1, -0.05) is 29.8 Å². The topological polar surface area (TPSA) is 76.7 Å². The number of benzene rings is 2. The number of hydrogen-bond acceptors (Lipinski definition) is 5. The van der Waals surface area contributed by atoms with Crippen molar-refractivity contribution in [3.63, 3.8) is 0 Å². The molecule has 110 valence electrons. The van der Waals surface area contributed by atoms with Crippen molar-refractivity contribution in [2.24, 2.45) is 0 Å². The Labute approximate surface area is 127 Å². The first-order valence-corrected chi connectivity index (χ1v) is 6.72. The zero-order chi connectivity index (χ0) is 15.5. The minimum atomic E-state index is -0.408. The molecule has 0 aliphatic heterocycles.